The Balaban J connectivity index is 1.91. The molecule has 0 aromatic heterocycles. The van der Waals surface area contributed by atoms with Gasteiger partial charge in [-0.1, -0.05) is 46.1 Å². The maximum absolute atomic E-state index is 12.5. The second-order valence-electron chi connectivity index (χ2n) is 10.0. The molecule has 0 bridgehead atoms. The Hall–Kier alpha value is -2.90. The van der Waals surface area contributed by atoms with Crippen molar-refractivity contribution in [2.75, 3.05) is 10.6 Å². The fraction of sp³-hybridized carbons (Fsp3) is 0.536. The van der Waals surface area contributed by atoms with E-state index in [9.17, 15) is 23.1 Å². The molecule has 3 N–H and O–H groups in total. The number of halogens is 3. The van der Waals surface area contributed by atoms with Crippen molar-refractivity contribution >= 4 is 23.0 Å². The summed E-state index contributed by atoms with van der Waals surface area (Å²) in [5.74, 6) is -0.296. The van der Waals surface area contributed by atoms with Crippen LogP contribution in [-0.2, 0) is 4.79 Å². The topological polar surface area (TPSA) is 70.6 Å². The summed E-state index contributed by atoms with van der Waals surface area (Å²) in [6.07, 6.45) is 2.09. The zero-order chi connectivity index (χ0) is 26.3. The van der Waals surface area contributed by atoms with Crippen LogP contribution in [-0.4, -0.2) is 23.5 Å². The first-order valence-electron chi connectivity index (χ1n) is 12.8. The fourth-order valence-corrected chi connectivity index (χ4v) is 5.15. The highest BCUT2D eigenvalue weighted by atomic mass is 19.4. The van der Waals surface area contributed by atoms with Crippen molar-refractivity contribution in [3.63, 3.8) is 0 Å². The van der Waals surface area contributed by atoms with Gasteiger partial charge in [0.15, 0.2) is 0 Å². The summed E-state index contributed by atoms with van der Waals surface area (Å²) in [7, 11) is 0. The van der Waals surface area contributed by atoms with Gasteiger partial charge in [0.1, 0.15) is 5.75 Å². The number of alkyl halides is 3. The molecule has 0 radical (unpaired) electrons. The number of hydrogen-bond donors (Lipinski definition) is 3. The Bertz CT molecular complexity index is 987. The molecule has 1 aliphatic carbocycles. The quantitative estimate of drug-likeness (QED) is 0.286. The van der Waals surface area contributed by atoms with E-state index < -0.39 is 12.3 Å². The number of anilines is 3. The van der Waals surface area contributed by atoms with Crippen LogP contribution >= 0.6 is 0 Å². The highest BCUT2D eigenvalue weighted by molar-refractivity contribution is 5.76. The second kappa shape index (κ2) is 12.4. The Morgan fingerprint density at radius 2 is 1.72 bits per heavy atom. The standard InChI is InChI=1S/C28H37F3N2O3/c1-4-19(17-26(34)35)21-10-15-24(33-27(18(2)3)20-8-6-5-7-9-20)25(16-21)32-22-11-13-23(14-12-22)36-28(29,30)31/h10-16,18-20,27,32-33H,4-9,17H2,1-3H3,(H,34,35). The highest BCUT2D eigenvalue weighted by Crippen LogP contribution is 2.37. The smallest absolute Gasteiger partial charge is 0.481 e. The summed E-state index contributed by atoms with van der Waals surface area (Å²) in [5.41, 5.74) is 3.17. The van der Waals surface area contributed by atoms with E-state index in [1.54, 1.807) is 0 Å². The van der Waals surface area contributed by atoms with Crippen molar-refractivity contribution in [3.8, 4) is 5.75 Å². The molecule has 0 saturated heterocycles. The summed E-state index contributed by atoms with van der Waals surface area (Å²) in [6.45, 7) is 6.39. The van der Waals surface area contributed by atoms with Crippen LogP contribution in [0.3, 0.4) is 0 Å². The number of ether oxygens (including phenoxy) is 1. The van der Waals surface area contributed by atoms with Crippen LogP contribution in [0.5, 0.6) is 5.75 Å². The normalized spacial score (nSPS) is 16.4. The van der Waals surface area contributed by atoms with Crippen LogP contribution in [0.2, 0.25) is 0 Å². The van der Waals surface area contributed by atoms with E-state index in [4.69, 9.17) is 0 Å². The van der Waals surface area contributed by atoms with Gasteiger partial charge in [-0.05, 0) is 79.0 Å². The van der Waals surface area contributed by atoms with E-state index in [-0.39, 0.29) is 24.1 Å². The molecule has 2 unspecified atom stereocenters. The molecular weight excluding hydrogens is 469 g/mol. The van der Waals surface area contributed by atoms with Gasteiger partial charge < -0.3 is 20.5 Å². The molecule has 0 amide bonds. The molecular formula is C28H37F3N2O3. The SMILES string of the molecule is CCC(CC(=O)O)c1ccc(NC(C(C)C)C2CCCCC2)c(Nc2ccc(OC(F)(F)F)cc2)c1. The zero-order valence-electron chi connectivity index (χ0n) is 21.2. The first kappa shape index (κ1) is 27.7. The van der Waals surface area contributed by atoms with Gasteiger partial charge in [0, 0.05) is 11.7 Å². The first-order chi connectivity index (χ1) is 17.1. The van der Waals surface area contributed by atoms with E-state index in [0.29, 0.717) is 23.9 Å². The molecule has 1 saturated carbocycles. The number of nitrogens with one attached hydrogen (secondary N) is 2. The number of carbonyl (C=O) groups is 1. The molecule has 5 nitrogen and oxygen atoms in total. The monoisotopic (exact) mass is 506 g/mol. The van der Waals surface area contributed by atoms with Crippen LogP contribution < -0.4 is 15.4 Å². The molecule has 2 aromatic rings. The van der Waals surface area contributed by atoms with E-state index in [0.717, 1.165) is 16.9 Å². The Kier molecular flexibility index (Phi) is 9.51. The van der Waals surface area contributed by atoms with Crippen molar-refractivity contribution in [2.24, 2.45) is 11.8 Å². The predicted octanol–water partition coefficient (Wildman–Crippen LogP) is 8.31. The van der Waals surface area contributed by atoms with Crippen molar-refractivity contribution in [1.82, 2.24) is 0 Å². The van der Waals surface area contributed by atoms with Gasteiger partial charge in [-0.15, -0.1) is 13.2 Å². The summed E-state index contributed by atoms with van der Waals surface area (Å²) in [6, 6.07) is 11.8. The van der Waals surface area contributed by atoms with Gasteiger partial charge in [0.05, 0.1) is 17.8 Å². The lowest BCUT2D eigenvalue weighted by molar-refractivity contribution is -0.274. The lowest BCUT2D eigenvalue weighted by atomic mass is 9.79. The minimum Gasteiger partial charge on any atom is -0.481 e. The van der Waals surface area contributed by atoms with Crippen LogP contribution in [0.25, 0.3) is 0 Å². The molecule has 3 rings (SSSR count). The highest BCUT2D eigenvalue weighted by Gasteiger charge is 2.31. The predicted molar refractivity (Wildman–Crippen MR) is 137 cm³/mol. The van der Waals surface area contributed by atoms with E-state index in [1.165, 1.54) is 56.4 Å². The summed E-state index contributed by atoms with van der Waals surface area (Å²) >= 11 is 0. The number of hydrogen-bond acceptors (Lipinski definition) is 4. The fourth-order valence-electron chi connectivity index (χ4n) is 5.15. The van der Waals surface area contributed by atoms with E-state index in [2.05, 4.69) is 29.2 Å². The first-order valence-corrected chi connectivity index (χ1v) is 12.8. The average Bonchev–Trinajstić information content (AvgIpc) is 2.82. The van der Waals surface area contributed by atoms with Gasteiger partial charge >= 0.3 is 12.3 Å². The van der Waals surface area contributed by atoms with Gasteiger partial charge in [-0.25, -0.2) is 0 Å². The number of carboxylic acids is 1. The maximum atomic E-state index is 12.5. The van der Waals surface area contributed by atoms with Crippen molar-refractivity contribution in [1.29, 1.82) is 0 Å². The number of rotatable bonds is 11. The van der Waals surface area contributed by atoms with Crippen LogP contribution in [0.1, 0.15) is 77.2 Å². The Morgan fingerprint density at radius 1 is 1.06 bits per heavy atom. The molecule has 0 aliphatic heterocycles. The molecule has 36 heavy (non-hydrogen) atoms. The van der Waals surface area contributed by atoms with Crippen molar-refractivity contribution in [2.45, 2.75) is 84.0 Å². The third-order valence-electron chi connectivity index (χ3n) is 6.99. The van der Waals surface area contributed by atoms with Crippen LogP contribution in [0.15, 0.2) is 42.5 Å². The van der Waals surface area contributed by atoms with Gasteiger partial charge in [0.2, 0.25) is 0 Å². The van der Waals surface area contributed by atoms with Crippen molar-refractivity contribution in [3.05, 3.63) is 48.0 Å². The molecule has 1 aliphatic rings. The minimum atomic E-state index is -4.75. The zero-order valence-corrected chi connectivity index (χ0v) is 21.2. The summed E-state index contributed by atoms with van der Waals surface area (Å²) in [5, 5.41) is 16.4. The van der Waals surface area contributed by atoms with Gasteiger partial charge in [0.25, 0.3) is 0 Å². The van der Waals surface area contributed by atoms with Crippen LogP contribution in [0, 0.1) is 11.8 Å². The minimum absolute atomic E-state index is 0.0306. The lowest BCUT2D eigenvalue weighted by Gasteiger charge is -2.35. The molecule has 1 fully saturated rings. The molecule has 8 heteroatoms. The number of carboxylic acid groups (broad SMARTS) is 1. The molecule has 2 aromatic carbocycles. The Labute approximate surface area is 211 Å². The molecule has 198 valence electrons. The third kappa shape index (κ3) is 8.07. The second-order valence-corrected chi connectivity index (χ2v) is 10.0. The van der Waals surface area contributed by atoms with E-state index in [1.807, 2.05) is 25.1 Å². The molecule has 2 atom stereocenters. The average molecular weight is 507 g/mol. The largest absolute Gasteiger partial charge is 0.573 e. The third-order valence-corrected chi connectivity index (χ3v) is 6.99. The number of benzene rings is 2. The van der Waals surface area contributed by atoms with Crippen molar-refractivity contribution < 1.29 is 27.8 Å². The maximum Gasteiger partial charge on any atom is 0.573 e. The molecule has 0 heterocycles. The van der Waals surface area contributed by atoms with Gasteiger partial charge in [-0.3, -0.25) is 4.79 Å². The summed E-state index contributed by atoms with van der Waals surface area (Å²) < 4.78 is 41.6. The van der Waals surface area contributed by atoms with Gasteiger partial charge in [-0.2, -0.15) is 0 Å². The van der Waals surface area contributed by atoms with E-state index >= 15 is 0 Å². The molecule has 0 spiro atoms. The number of aliphatic carboxylic acids is 1. The van der Waals surface area contributed by atoms with Crippen LogP contribution in [0.4, 0.5) is 30.2 Å². The summed E-state index contributed by atoms with van der Waals surface area (Å²) in [4.78, 5) is 11.4. The Morgan fingerprint density at radius 3 is 2.28 bits per heavy atom. The lowest BCUT2D eigenvalue weighted by Crippen LogP contribution is -2.35.